The molecule has 1 aliphatic rings. The van der Waals surface area contributed by atoms with E-state index in [-0.39, 0.29) is 41.8 Å². The molecule has 0 spiro atoms. The number of rotatable bonds is 19. The molecule has 13 atom stereocenters. The Kier molecular flexibility index (Phi) is 17.3. The van der Waals surface area contributed by atoms with Crippen LogP contribution in [0.25, 0.3) is 0 Å². The van der Waals surface area contributed by atoms with Gasteiger partial charge in [0, 0.05) is 52.8 Å². The van der Waals surface area contributed by atoms with Gasteiger partial charge in [0.15, 0.2) is 5.78 Å². The highest BCUT2D eigenvalue weighted by molar-refractivity contribution is 6.09. The van der Waals surface area contributed by atoms with Crippen molar-refractivity contribution in [2.24, 2.45) is 41.4 Å². The van der Waals surface area contributed by atoms with Crippen LogP contribution in [0, 0.1) is 41.4 Å². The van der Waals surface area contributed by atoms with Crippen LogP contribution in [0.4, 0.5) is 10.5 Å². The van der Waals surface area contributed by atoms with Crippen molar-refractivity contribution in [3.8, 4) is 0 Å². The van der Waals surface area contributed by atoms with Crippen LogP contribution in [-0.4, -0.2) is 74.9 Å². The summed E-state index contributed by atoms with van der Waals surface area (Å²) in [4.78, 5) is 38.1. The molecule has 10 heteroatoms. The molecule has 0 aliphatic carbocycles. The number of hydrogen-bond acceptors (Lipinski definition) is 9. The van der Waals surface area contributed by atoms with Gasteiger partial charge in [-0.2, -0.15) is 0 Å². The van der Waals surface area contributed by atoms with Crippen LogP contribution in [0.2, 0.25) is 0 Å². The van der Waals surface area contributed by atoms with Gasteiger partial charge in [0.1, 0.15) is 12.2 Å². The monoisotopic (exact) mass is 775 g/mol. The van der Waals surface area contributed by atoms with E-state index in [1.807, 2.05) is 53.7 Å². The number of aliphatic hydroxyl groups is 4. The zero-order chi connectivity index (χ0) is 42.6. The van der Waals surface area contributed by atoms with Crippen molar-refractivity contribution in [1.82, 2.24) is 0 Å². The molecule has 1 aliphatic heterocycles. The number of ketones is 1. The van der Waals surface area contributed by atoms with Crippen LogP contribution in [0.5, 0.6) is 0 Å². The summed E-state index contributed by atoms with van der Waals surface area (Å²) in [5, 5.41) is 46.4. The van der Waals surface area contributed by atoms with E-state index in [1.165, 1.54) is 0 Å². The van der Waals surface area contributed by atoms with Crippen LogP contribution >= 0.6 is 0 Å². The van der Waals surface area contributed by atoms with Crippen LogP contribution in [-0.2, 0) is 14.3 Å². The smallest absolute Gasteiger partial charge is 0.411 e. The van der Waals surface area contributed by atoms with Crippen LogP contribution in [0.3, 0.4) is 0 Å². The second kappa shape index (κ2) is 21.8. The van der Waals surface area contributed by atoms with Gasteiger partial charge in [0.2, 0.25) is 0 Å². The Morgan fingerprint density at radius 1 is 0.929 bits per heavy atom. The average molecular weight is 776 g/mol. The van der Waals surface area contributed by atoms with Gasteiger partial charge in [0.05, 0.1) is 31.7 Å². The minimum atomic E-state index is -0.922. The lowest BCUT2D eigenvalue weighted by Gasteiger charge is -2.36. The van der Waals surface area contributed by atoms with E-state index in [1.54, 1.807) is 86.7 Å². The van der Waals surface area contributed by atoms with Gasteiger partial charge >= 0.3 is 12.1 Å². The second-order valence-electron chi connectivity index (χ2n) is 15.7. The maximum atomic E-state index is 13.2. The standard InChI is InChI=1S/C46H63NO9/c1-10-11-15-29(4)44(56-46(54)47-37-21-19-36(20-22-37)43(52)35-16-13-12-14-17-35)33(8)41(50)31(6)25-27(2)24-30(5)40(49)28(3)18-23-38(48)26-39-32(7)42(51)34(9)45(53)55-39/h10-24,28-34,38-42,44,48-51H,1,25-26H2,2-9H3,(H,47,54)/b15-11-,23-18-,27-24-/t28-,29-,30-,31-,32-,33-,34+,38+,39-,40-,41+,42-,44-/m0/s1/i12T. The molecule has 1 fully saturated rings. The number of carbonyl (C=O) groups is 3. The Balaban J connectivity index is 1.59. The number of esters is 1. The summed E-state index contributed by atoms with van der Waals surface area (Å²) < 4.78 is 19.0. The van der Waals surface area contributed by atoms with Gasteiger partial charge in [-0.15, -0.1) is 0 Å². The van der Waals surface area contributed by atoms with Crippen molar-refractivity contribution < 1.29 is 45.7 Å². The first-order valence-corrected chi connectivity index (χ1v) is 19.6. The van der Waals surface area contributed by atoms with Crippen LogP contribution < -0.4 is 5.32 Å². The van der Waals surface area contributed by atoms with Crippen molar-refractivity contribution in [2.75, 3.05) is 5.32 Å². The minimum absolute atomic E-state index is 0.144. The molecular formula is C46H63NO9. The van der Waals surface area contributed by atoms with E-state index >= 15 is 0 Å². The van der Waals surface area contributed by atoms with E-state index in [2.05, 4.69) is 11.9 Å². The van der Waals surface area contributed by atoms with E-state index in [0.717, 1.165) is 5.57 Å². The second-order valence-corrected chi connectivity index (χ2v) is 15.7. The molecule has 2 aromatic rings. The van der Waals surface area contributed by atoms with E-state index in [9.17, 15) is 34.8 Å². The molecule has 0 aromatic heterocycles. The Labute approximate surface area is 334 Å². The Morgan fingerprint density at radius 3 is 2.18 bits per heavy atom. The maximum absolute atomic E-state index is 13.2. The van der Waals surface area contributed by atoms with Gasteiger partial charge in [-0.1, -0.05) is 120 Å². The molecule has 0 radical (unpaired) electrons. The maximum Gasteiger partial charge on any atom is 0.411 e. The number of ether oxygens (including phenoxy) is 2. The quantitative estimate of drug-likeness (QED) is 0.0417. The molecule has 0 bridgehead atoms. The predicted octanol–water partition coefficient (Wildman–Crippen LogP) is 7.68. The molecule has 1 heterocycles. The molecule has 1 saturated heterocycles. The summed E-state index contributed by atoms with van der Waals surface area (Å²) in [5.74, 6) is -3.11. The first-order valence-electron chi connectivity index (χ1n) is 20.1. The topological polar surface area (TPSA) is 163 Å². The number of allylic oxidation sites excluding steroid dienone is 3. The summed E-state index contributed by atoms with van der Waals surface area (Å²) in [5.41, 5.74) is 2.30. The first kappa shape index (κ1) is 44.4. The molecule has 5 N–H and O–H groups in total. The van der Waals surface area contributed by atoms with Crippen molar-refractivity contribution in [3.05, 3.63) is 114 Å². The Morgan fingerprint density at radius 2 is 1.55 bits per heavy atom. The third kappa shape index (κ3) is 13.1. The summed E-state index contributed by atoms with van der Waals surface area (Å²) in [6, 6.07) is 13.1. The number of nitrogens with one attached hydrogen (secondary N) is 1. The predicted molar refractivity (Wildman–Crippen MR) is 220 cm³/mol. The van der Waals surface area contributed by atoms with Gasteiger partial charge in [0.25, 0.3) is 0 Å². The number of hydrogen-bond donors (Lipinski definition) is 5. The summed E-state index contributed by atoms with van der Waals surface area (Å²) in [6.07, 6.45) is 5.88. The molecule has 56 heavy (non-hydrogen) atoms. The highest BCUT2D eigenvalue weighted by Gasteiger charge is 2.41. The molecule has 3 rings (SSSR count). The molecule has 1 amide bonds. The van der Waals surface area contributed by atoms with Crippen LogP contribution in [0.1, 0.15) is 85.5 Å². The fraction of sp³-hybridized carbons (Fsp3) is 0.500. The lowest BCUT2D eigenvalue weighted by molar-refractivity contribution is -0.179. The van der Waals surface area contributed by atoms with Gasteiger partial charge in [-0.3, -0.25) is 14.9 Å². The van der Waals surface area contributed by atoms with Crippen molar-refractivity contribution in [3.63, 3.8) is 0 Å². The molecule has 2 aromatic carbocycles. The third-order valence-electron chi connectivity index (χ3n) is 11.0. The summed E-state index contributed by atoms with van der Waals surface area (Å²) in [7, 11) is 0. The number of aliphatic hydroxyl groups excluding tert-OH is 4. The van der Waals surface area contributed by atoms with E-state index < -0.39 is 60.5 Å². The highest BCUT2D eigenvalue weighted by atomic mass is 16.6. The highest BCUT2D eigenvalue weighted by Crippen LogP contribution is 2.31. The molecule has 306 valence electrons. The average Bonchev–Trinajstić information content (AvgIpc) is 3.18. The lowest BCUT2D eigenvalue weighted by atomic mass is 9.81. The molecule has 0 unspecified atom stereocenters. The fourth-order valence-electron chi connectivity index (χ4n) is 7.35. The molecule has 0 saturated carbocycles. The number of amides is 1. The largest absolute Gasteiger partial charge is 0.462 e. The summed E-state index contributed by atoms with van der Waals surface area (Å²) >= 11 is 0. The SMILES string of the molecule is [3H]c1ccc(C(=O)c2ccc(NC(=O)O[C@H]([C@@H](C)[C@H](O)[C@@H](C)C/C(C)=C\[C@H](C)[C@@H](O)[C@@H](C)/C=C\[C@@H](O)C[C@@H]3OC(=O)[C@H](C)[C@@H](O)[C@H]3C)[C@@H](C)/C=C\C=C)cc2)cc1. The first-order chi connectivity index (χ1) is 26.8. The van der Waals surface area contributed by atoms with Gasteiger partial charge < -0.3 is 29.9 Å². The summed E-state index contributed by atoms with van der Waals surface area (Å²) in [6.45, 7) is 18.5. The molecule has 10 nitrogen and oxygen atoms in total. The fourth-order valence-corrected chi connectivity index (χ4v) is 7.35. The van der Waals surface area contributed by atoms with E-state index in [0.29, 0.717) is 29.3 Å². The zero-order valence-electron chi connectivity index (χ0n) is 35.0. The number of anilines is 1. The van der Waals surface area contributed by atoms with Gasteiger partial charge in [-0.25, -0.2) is 4.79 Å². The number of carbonyl (C=O) groups excluding carboxylic acids is 3. The Bertz CT molecular complexity index is 1720. The third-order valence-corrected chi connectivity index (χ3v) is 11.0. The van der Waals surface area contributed by atoms with Crippen molar-refractivity contribution >= 4 is 23.5 Å². The van der Waals surface area contributed by atoms with Crippen LogP contribution in [0.15, 0.2) is 103 Å². The number of benzene rings is 2. The lowest BCUT2D eigenvalue weighted by Crippen LogP contribution is -2.47. The van der Waals surface area contributed by atoms with E-state index in [4.69, 9.17) is 10.8 Å². The van der Waals surface area contributed by atoms with Crippen molar-refractivity contribution in [2.45, 2.75) is 105 Å². The molecular weight excluding hydrogens is 711 g/mol. The van der Waals surface area contributed by atoms with Crippen molar-refractivity contribution in [1.29, 1.82) is 0 Å². The number of cyclic esters (lactones) is 1. The Hall–Kier alpha value is -4.35. The normalized spacial score (nSPS) is 24.2. The zero-order valence-corrected chi connectivity index (χ0v) is 34.0. The van der Waals surface area contributed by atoms with Gasteiger partial charge in [-0.05, 0) is 50.5 Å². The minimum Gasteiger partial charge on any atom is -0.462 e.